The second-order valence-corrected chi connectivity index (χ2v) is 17.8. The van der Waals surface area contributed by atoms with Gasteiger partial charge in [-0.15, -0.1) is 0 Å². The quantitative estimate of drug-likeness (QED) is 0.148. The Labute approximate surface area is 395 Å². The van der Waals surface area contributed by atoms with Crippen LogP contribution in [-0.2, 0) is 5.41 Å². The first kappa shape index (κ1) is 39.6. The zero-order chi connectivity index (χ0) is 45.2. The van der Waals surface area contributed by atoms with Crippen LogP contribution >= 0.6 is 0 Å². The number of nitrogens with zero attached hydrogens (tertiary/aromatic N) is 2. The Morgan fingerprint density at radius 1 is 0.338 bits per heavy atom. The Morgan fingerprint density at radius 2 is 0.868 bits per heavy atom. The molecule has 12 aromatic rings. The van der Waals surface area contributed by atoms with E-state index >= 15 is 0 Å². The maximum Gasteiger partial charge on any atom is 0.123 e. The lowest BCUT2D eigenvalue weighted by atomic mass is 9.67. The summed E-state index contributed by atoms with van der Waals surface area (Å²) in [5.41, 5.74) is 18.2. The highest BCUT2D eigenvalue weighted by molar-refractivity contribution is 6.11. The van der Waals surface area contributed by atoms with Crippen molar-refractivity contribution in [3.05, 3.63) is 289 Å². The highest BCUT2D eigenvalue weighted by Gasteiger charge is 2.46. The lowest BCUT2D eigenvalue weighted by molar-refractivity contribution is 0.628. The van der Waals surface area contributed by atoms with Gasteiger partial charge in [0.2, 0.25) is 0 Å². The Hall–Kier alpha value is -8.79. The van der Waals surface area contributed by atoms with Crippen molar-refractivity contribution < 1.29 is 4.39 Å². The minimum absolute atomic E-state index is 0.259. The summed E-state index contributed by atoms with van der Waals surface area (Å²) in [5, 5.41) is 4.70. The van der Waals surface area contributed by atoms with Crippen LogP contribution in [-0.4, -0.2) is 4.57 Å². The van der Waals surface area contributed by atoms with E-state index in [9.17, 15) is 4.39 Å². The maximum atomic E-state index is 14.2. The first-order valence-corrected chi connectivity index (χ1v) is 23.3. The predicted molar refractivity (Wildman–Crippen MR) is 281 cm³/mol. The summed E-state index contributed by atoms with van der Waals surface area (Å²) in [6, 6.07) is 92.8. The van der Waals surface area contributed by atoms with Crippen LogP contribution in [0.5, 0.6) is 0 Å². The van der Waals surface area contributed by atoms with Crippen LogP contribution in [0.3, 0.4) is 0 Å². The van der Waals surface area contributed by atoms with Crippen molar-refractivity contribution >= 4 is 49.6 Å². The van der Waals surface area contributed by atoms with Crippen LogP contribution in [0.4, 0.5) is 21.5 Å². The summed E-state index contributed by atoms with van der Waals surface area (Å²) in [6.07, 6.45) is 0. The highest BCUT2D eigenvalue weighted by atomic mass is 19.1. The van der Waals surface area contributed by atoms with Crippen molar-refractivity contribution in [1.82, 2.24) is 4.57 Å². The summed E-state index contributed by atoms with van der Waals surface area (Å²) in [6.45, 7) is 0. The number of benzene rings is 11. The molecule has 0 amide bonds. The fraction of sp³-hybridized carbons (Fsp3) is 0.0154. The topological polar surface area (TPSA) is 8.17 Å². The average Bonchev–Trinajstić information content (AvgIpc) is 3.90. The van der Waals surface area contributed by atoms with E-state index in [0.717, 1.165) is 50.2 Å². The van der Waals surface area contributed by atoms with Gasteiger partial charge in [-0.25, -0.2) is 4.39 Å². The number of hydrogen-bond donors (Lipinski definition) is 0. The Kier molecular flexibility index (Phi) is 9.29. The lowest BCUT2D eigenvalue weighted by Gasteiger charge is -2.34. The molecule has 0 radical (unpaired) electrons. The van der Waals surface area contributed by atoms with E-state index < -0.39 is 5.41 Å². The molecule has 13 rings (SSSR count). The minimum Gasteiger partial charge on any atom is -0.310 e. The molecule has 0 bridgehead atoms. The molecule has 320 valence electrons. The van der Waals surface area contributed by atoms with Gasteiger partial charge >= 0.3 is 0 Å². The minimum atomic E-state index is -0.485. The molecular weight excluding hydrogens is 828 g/mol. The summed E-state index contributed by atoms with van der Waals surface area (Å²) >= 11 is 0. The molecule has 0 unspecified atom stereocenters. The molecule has 1 aliphatic carbocycles. The third-order valence-corrected chi connectivity index (χ3v) is 14.1. The molecular formula is C65H43FN2. The van der Waals surface area contributed by atoms with E-state index in [2.05, 4.69) is 240 Å². The third kappa shape index (κ3) is 6.31. The van der Waals surface area contributed by atoms with Gasteiger partial charge in [0, 0.05) is 33.5 Å². The predicted octanol–water partition coefficient (Wildman–Crippen LogP) is 17.2. The van der Waals surface area contributed by atoms with Crippen LogP contribution in [0.1, 0.15) is 22.3 Å². The van der Waals surface area contributed by atoms with Crippen molar-refractivity contribution in [2.75, 3.05) is 4.90 Å². The standard InChI is InChI=1S/C65H43FN2/c66-52-30-35-54(36-31-52)67(53-32-26-45(27-33-53)44-14-4-1-5-15-44)55-34-28-47-40-46(24-25-48(47)41-55)49-29-39-64-60(42-49)59-21-11-13-23-63(59)68(64)56-37-38-58-57-20-10-12-22-61(57)65(62(58)43-56,50-16-6-2-7-17-50)51-18-8-3-9-19-51/h1-43H. The van der Waals surface area contributed by atoms with Gasteiger partial charge in [0.25, 0.3) is 0 Å². The lowest BCUT2D eigenvalue weighted by Crippen LogP contribution is -2.28. The number of para-hydroxylation sites is 1. The largest absolute Gasteiger partial charge is 0.310 e. The SMILES string of the molecule is Fc1ccc(N(c2ccc(-c3ccccc3)cc2)c2ccc3cc(-c4ccc5c(c4)c4ccccc4n5-c4ccc5c(c4)C(c4ccccc4)(c4ccccc4)c4ccccc4-5)ccc3c2)cc1. The van der Waals surface area contributed by atoms with E-state index in [1.54, 1.807) is 0 Å². The third-order valence-electron chi connectivity index (χ3n) is 14.1. The van der Waals surface area contributed by atoms with Gasteiger partial charge in [-0.3, -0.25) is 0 Å². The van der Waals surface area contributed by atoms with Gasteiger partial charge in [-0.2, -0.15) is 0 Å². The molecule has 11 aromatic carbocycles. The molecule has 1 aromatic heterocycles. The van der Waals surface area contributed by atoms with E-state index in [0.29, 0.717) is 0 Å². The Morgan fingerprint density at radius 3 is 1.62 bits per heavy atom. The Balaban J connectivity index is 0.902. The zero-order valence-electron chi connectivity index (χ0n) is 37.1. The summed E-state index contributed by atoms with van der Waals surface area (Å²) in [7, 11) is 0. The molecule has 0 N–H and O–H groups in total. The van der Waals surface area contributed by atoms with Crippen molar-refractivity contribution in [2.45, 2.75) is 5.41 Å². The molecule has 0 saturated heterocycles. The smallest absolute Gasteiger partial charge is 0.123 e. The summed E-state index contributed by atoms with van der Waals surface area (Å²) in [4.78, 5) is 2.19. The molecule has 0 spiro atoms. The van der Waals surface area contributed by atoms with E-state index in [-0.39, 0.29) is 5.82 Å². The molecule has 0 fully saturated rings. The number of anilines is 3. The van der Waals surface area contributed by atoms with Crippen LogP contribution < -0.4 is 4.90 Å². The monoisotopic (exact) mass is 870 g/mol. The summed E-state index contributed by atoms with van der Waals surface area (Å²) < 4.78 is 16.7. The average molecular weight is 871 g/mol. The molecule has 2 nitrogen and oxygen atoms in total. The van der Waals surface area contributed by atoms with Gasteiger partial charge in [0.15, 0.2) is 0 Å². The molecule has 1 aliphatic rings. The second-order valence-electron chi connectivity index (χ2n) is 17.8. The first-order valence-electron chi connectivity index (χ1n) is 23.3. The normalized spacial score (nSPS) is 12.6. The molecule has 0 saturated carbocycles. The van der Waals surface area contributed by atoms with E-state index in [1.807, 2.05) is 18.2 Å². The van der Waals surface area contributed by atoms with Gasteiger partial charge in [-0.05, 0) is 151 Å². The maximum absolute atomic E-state index is 14.2. The summed E-state index contributed by atoms with van der Waals surface area (Å²) in [5.74, 6) is -0.259. The van der Waals surface area contributed by atoms with Crippen molar-refractivity contribution in [1.29, 1.82) is 0 Å². The zero-order valence-corrected chi connectivity index (χ0v) is 37.1. The molecule has 0 aliphatic heterocycles. The van der Waals surface area contributed by atoms with Gasteiger partial charge in [0.05, 0.1) is 16.4 Å². The van der Waals surface area contributed by atoms with E-state index in [4.69, 9.17) is 0 Å². The van der Waals surface area contributed by atoms with Gasteiger partial charge in [0.1, 0.15) is 5.82 Å². The molecule has 68 heavy (non-hydrogen) atoms. The van der Waals surface area contributed by atoms with Gasteiger partial charge in [-0.1, -0.05) is 176 Å². The highest BCUT2D eigenvalue weighted by Crippen LogP contribution is 2.56. The first-order chi connectivity index (χ1) is 33.6. The molecule has 3 heteroatoms. The molecule has 1 heterocycles. The number of fused-ring (bicyclic) bond motifs is 7. The second kappa shape index (κ2) is 16.0. The number of aromatic nitrogens is 1. The fourth-order valence-electron chi connectivity index (χ4n) is 11.0. The van der Waals surface area contributed by atoms with Crippen molar-refractivity contribution in [3.8, 4) is 39.1 Å². The van der Waals surface area contributed by atoms with E-state index in [1.165, 1.54) is 72.9 Å². The van der Waals surface area contributed by atoms with Crippen LogP contribution in [0.2, 0.25) is 0 Å². The van der Waals surface area contributed by atoms with Crippen molar-refractivity contribution in [2.24, 2.45) is 0 Å². The Bertz CT molecular complexity index is 3800. The molecule has 0 atom stereocenters. The number of rotatable bonds is 8. The number of hydrogen-bond acceptors (Lipinski definition) is 1. The van der Waals surface area contributed by atoms with Crippen molar-refractivity contribution in [3.63, 3.8) is 0 Å². The van der Waals surface area contributed by atoms with Crippen LogP contribution in [0, 0.1) is 5.82 Å². The fourth-order valence-corrected chi connectivity index (χ4v) is 11.0. The van der Waals surface area contributed by atoms with Crippen LogP contribution in [0.15, 0.2) is 261 Å². The van der Waals surface area contributed by atoms with Gasteiger partial charge < -0.3 is 9.47 Å². The number of halogens is 1. The van der Waals surface area contributed by atoms with Crippen LogP contribution in [0.25, 0.3) is 71.6 Å².